The number of rotatable bonds is 6. The lowest BCUT2D eigenvalue weighted by molar-refractivity contribution is -0.118. The van der Waals surface area contributed by atoms with Crippen LogP contribution in [0.2, 0.25) is 0 Å². The molecule has 0 radical (unpaired) electrons. The summed E-state index contributed by atoms with van der Waals surface area (Å²) in [5.41, 5.74) is 10.9. The van der Waals surface area contributed by atoms with Crippen LogP contribution in [-0.2, 0) is 4.79 Å². The Morgan fingerprint density at radius 2 is 1.82 bits per heavy atom. The molecule has 0 saturated heterocycles. The Balaban J connectivity index is 1.68. The number of nitrogens with one attached hydrogen (secondary N) is 1. The van der Waals surface area contributed by atoms with Crippen LogP contribution in [0.5, 0.6) is 5.75 Å². The first kappa shape index (κ1) is 19.6. The predicted molar refractivity (Wildman–Crippen MR) is 111 cm³/mol. The van der Waals surface area contributed by atoms with Crippen LogP contribution in [0.4, 0.5) is 5.13 Å². The first-order chi connectivity index (χ1) is 13.3. The van der Waals surface area contributed by atoms with Gasteiger partial charge >= 0.3 is 0 Å². The molecule has 2 amide bonds. The number of para-hydroxylation sites is 1. The number of carbonyl (C=O) groups is 2. The molecule has 0 bridgehead atoms. The molecule has 6 nitrogen and oxygen atoms in total. The van der Waals surface area contributed by atoms with Crippen molar-refractivity contribution >= 4 is 28.3 Å². The van der Waals surface area contributed by atoms with Gasteiger partial charge in [-0.3, -0.25) is 14.9 Å². The second-order valence-corrected chi connectivity index (χ2v) is 7.37. The van der Waals surface area contributed by atoms with Crippen molar-refractivity contribution in [2.75, 3.05) is 11.9 Å². The number of carbonyl (C=O) groups excluding carboxylic acids is 2. The molecule has 0 saturated carbocycles. The Hall–Kier alpha value is -3.19. The number of hydrogen-bond donors (Lipinski definition) is 2. The van der Waals surface area contributed by atoms with Gasteiger partial charge in [0.25, 0.3) is 11.8 Å². The number of nitrogens with zero attached hydrogens (tertiary/aromatic N) is 1. The van der Waals surface area contributed by atoms with Gasteiger partial charge < -0.3 is 10.5 Å². The van der Waals surface area contributed by atoms with Gasteiger partial charge in [-0.2, -0.15) is 0 Å². The summed E-state index contributed by atoms with van der Waals surface area (Å²) in [4.78, 5) is 28.1. The van der Waals surface area contributed by atoms with Crippen LogP contribution in [0.15, 0.2) is 41.8 Å². The smallest absolute Gasteiger partial charge is 0.264 e. The van der Waals surface area contributed by atoms with Gasteiger partial charge in [0, 0.05) is 10.9 Å². The average Bonchev–Trinajstić information content (AvgIpc) is 3.07. The Labute approximate surface area is 167 Å². The van der Waals surface area contributed by atoms with E-state index in [1.54, 1.807) is 24.3 Å². The maximum atomic E-state index is 12.2. The number of aromatic nitrogens is 1. The maximum absolute atomic E-state index is 12.2. The van der Waals surface area contributed by atoms with Crippen LogP contribution < -0.4 is 15.8 Å². The van der Waals surface area contributed by atoms with Gasteiger partial charge in [-0.15, -0.1) is 11.3 Å². The van der Waals surface area contributed by atoms with Crippen LogP contribution in [0.1, 0.15) is 27.0 Å². The molecule has 7 heteroatoms. The Kier molecular flexibility index (Phi) is 5.75. The van der Waals surface area contributed by atoms with Crippen molar-refractivity contribution in [3.63, 3.8) is 0 Å². The number of aryl methyl sites for hydroxylation is 3. The first-order valence-electron chi connectivity index (χ1n) is 8.70. The van der Waals surface area contributed by atoms with Crippen molar-refractivity contribution in [1.82, 2.24) is 4.98 Å². The molecular formula is C21H21N3O3S. The molecule has 28 heavy (non-hydrogen) atoms. The summed E-state index contributed by atoms with van der Waals surface area (Å²) in [5.74, 6) is -0.696. The largest absolute Gasteiger partial charge is 0.483 e. The molecule has 3 aromatic rings. The van der Waals surface area contributed by atoms with Crippen molar-refractivity contribution in [2.24, 2.45) is 5.73 Å². The SMILES string of the molecule is Cc1cc(C)c(-c2csc(NC(=O)COc3ccccc3C(N)=O)n2)c(C)c1. The van der Waals surface area contributed by atoms with Crippen LogP contribution in [-0.4, -0.2) is 23.4 Å². The normalized spacial score (nSPS) is 10.5. The molecule has 1 aromatic heterocycles. The van der Waals surface area contributed by atoms with Crippen molar-refractivity contribution < 1.29 is 14.3 Å². The highest BCUT2D eigenvalue weighted by Gasteiger charge is 2.14. The zero-order valence-electron chi connectivity index (χ0n) is 15.9. The second-order valence-electron chi connectivity index (χ2n) is 6.51. The number of primary amides is 1. The minimum Gasteiger partial charge on any atom is -0.483 e. The minimum absolute atomic E-state index is 0.233. The van der Waals surface area contributed by atoms with Crippen LogP contribution in [0.3, 0.4) is 0 Å². The summed E-state index contributed by atoms with van der Waals surface area (Å²) in [5, 5.41) is 5.14. The van der Waals surface area contributed by atoms with E-state index in [1.807, 2.05) is 5.38 Å². The Morgan fingerprint density at radius 3 is 2.50 bits per heavy atom. The number of benzene rings is 2. The van der Waals surface area contributed by atoms with E-state index in [0.29, 0.717) is 5.13 Å². The third-order valence-electron chi connectivity index (χ3n) is 4.19. The zero-order chi connectivity index (χ0) is 20.3. The van der Waals surface area contributed by atoms with Gasteiger partial charge in [0.2, 0.25) is 0 Å². The van der Waals surface area contributed by atoms with E-state index in [1.165, 1.54) is 16.9 Å². The number of ether oxygens (including phenoxy) is 1. The molecule has 2 aromatic carbocycles. The number of hydrogen-bond acceptors (Lipinski definition) is 5. The summed E-state index contributed by atoms with van der Waals surface area (Å²) >= 11 is 1.35. The Bertz CT molecular complexity index is 1020. The third kappa shape index (κ3) is 4.37. The summed E-state index contributed by atoms with van der Waals surface area (Å²) in [7, 11) is 0. The number of nitrogens with two attached hydrogens (primary N) is 1. The monoisotopic (exact) mass is 395 g/mol. The minimum atomic E-state index is -0.607. The van der Waals surface area contributed by atoms with Gasteiger partial charge in [0.1, 0.15) is 5.75 Å². The highest BCUT2D eigenvalue weighted by atomic mass is 32.1. The lowest BCUT2D eigenvalue weighted by Gasteiger charge is -2.09. The van der Waals surface area contributed by atoms with Gasteiger partial charge in [0.05, 0.1) is 11.3 Å². The van der Waals surface area contributed by atoms with E-state index >= 15 is 0 Å². The molecule has 0 fully saturated rings. The number of amides is 2. The molecule has 0 unspecified atom stereocenters. The molecule has 0 aliphatic heterocycles. The van der Waals surface area contributed by atoms with E-state index in [2.05, 4.69) is 43.2 Å². The molecule has 144 valence electrons. The fraction of sp³-hybridized carbons (Fsp3) is 0.190. The van der Waals surface area contributed by atoms with Crippen molar-refractivity contribution in [1.29, 1.82) is 0 Å². The van der Waals surface area contributed by atoms with Gasteiger partial charge in [-0.05, 0) is 44.0 Å². The third-order valence-corrected chi connectivity index (χ3v) is 4.95. The van der Waals surface area contributed by atoms with E-state index < -0.39 is 5.91 Å². The summed E-state index contributed by atoms with van der Waals surface area (Å²) in [6, 6.07) is 10.8. The molecule has 1 heterocycles. The van der Waals surface area contributed by atoms with E-state index in [-0.39, 0.29) is 23.8 Å². The van der Waals surface area contributed by atoms with Gasteiger partial charge in [-0.25, -0.2) is 4.98 Å². The Morgan fingerprint density at radius 1 is 1.14 bits per heavy atom. The molecule has 0 spiro atoms. The molecule has 3 rings (SSSR count). The maximum Gasteiger partial charge on any atom is 0.264 e. The predicted octanol–water partition coefficient (Wildman–Crippen LogP) is 3.85. The second kappa shape index (κ2) is 8.22. The highest BCUT2D eigenvalue weighted by Crippen LogP contribution is 2.31. The molecule has 3 N–H and O–H groups in total. The van der Waals surface area contributed by atoms with Crippen molar-refractivity contribution in [3.8, 4) is 17.0 Å². The lowest BCUT2D eigenvalue weighted by atomic mass is 9.98. The number of thiazole rings is 1. The fourth-order valence-corrected chi connectivity index (χ4v) is 3.84. The molecular weight excluding hydrogens is 374 g/mol. The van der Waals surface area contributed by atoms with Gasteiger partial charge in [-0.1, -0.05) is 29.8 Å². The van der Waals surface area contributed by atoms with Crippen LogP contribution >= 0.6 is 11.3 Å². The van der Waals surface area contributed by atoms with E-state index in [0.717, 1.165) is 22.4 Å². The van der Waals surface area contributed by atoms with Crippen molar-refractivity contribution in [3.05, 3.63) is 64.0 Å². The summed E-state index contributed by atoms with van der Waals surface area (Å²) in [6.45, 7) is 5.92. The summed E-state index contributed by atoms with van der Waals surface area (Å²) < 4.78 is 5.44. The lowest BCUT2D eigenvalue weighted by Crippen LogP contribution is -2.21. The fourth-order valence-electron chi connectivity index (χ4n) is 3.12. The van der Waals surface area contributed by atoms with E-state index in [9.17, 15) is 9.59 Å². The summed E-state index contributed by atoms with van der Waals surface area (Å²) in [6.07, 6.45) is 0. The molecule has 0 aliphatic carbocycles. The number of anilines is 1. The van der Waals surface area contributed by atoms with E-state index in [4.69, 9.17) is 10.5 Å². The van der Waals surface area contributed by atoms with Crippen LogP contribution in [0.25, 0.3) is 11.3 Å². The quantitative estimate of drug-likeness (QED) is 0.663. The molecule has 0 aliphatic rings. The average molecular weight is 395 g/mol. The van der Waals surface area contributed by atoms with Crippen LogP contribution in [0, 0.1) is 20.8 Å². The zero-order valence-corrected chi connectivity index (χ0v) is 16.7. The van der Waals surface area contributed by atoms with Crippen molar-refractivity contribution in [2.45, 2.75) is 20.8 Å². The topological polar surface area (TPSA) is 94.3 Å². The first-order valence-corrected chi connectivity index (χ1v) is 9.58. The standard InChI is InChI=1S/C21H21N3O3S/c1-12-8-13(2)19(14(3)9-12)16-11-28-21(23-16)24-18(25)10-27-17-7-5-4-6-15(17)20(22)26/h4-9,11H,10H2,1-3H3,(H2,22,26)(H,23,24,25). The molecule has 0 atom stereocenters. The van der Waals surface area contributed by atoms with Gasteiger partial charge in [0.15, 0.2) is 11.7 Å². The highest BCUT2D eigenvalue weighted by molar-refractivity contribution is 7.14.